The van der Waals surface area contributed by atoms with Crippen LogP contribution in [0, 0.1) is 10.8 Å². The Balaban J connectivity index is 3.47. The Kier molecular flexibility index (Phi) is 11.9. The molecule has 0 aliphatic carbocycles. The zero-order chi connectivity index (χ0) is 20.9. The molecule has 0 aliphatic heterocycles. The number of amides is 3. The Morgan fingerprint density at radius 3 is 1.59 bits per heavy atom. The predicted octanol–water partition coefficient (Wildman–Crippen LogP) is 0.851. The molecule has 0 aromatic heterocycles. The molecule has 0 saturated carbocycles. The van der Waals surface area contributed by atoms with Gasteiger partial charge < -0.3 is 25.4 Å². The van der Waals surface area contributed by atoms with Crippen LogP contribution in [0.2, 0.25) is 0 Å². The van der Waals surface area contributed by atoms with Gasteiger partial charge in [-0.3, -0.25) is 14.4 Å². The van der Waals surface area contributed by atoms with Crippen molar-refractivity contribution in [2.45, 2.75) is 48.0 Å². The van der Waals surface area contributed by atoms with E-state index in [1.807, 2.05) is 41.5 Å². The fraction of sp³-hybridized carbons (Fsp3) is 0.842. The number of hydrogen-bond donors (Lipinski definition) is 3. The summed E-state index contributed by atoms with van der Waals surface area (Å²) in [6, 6.07) is 0. The van der Waals surface area contributed by atoms with Gasteiger partial charge in [0.05, 0.1) is 26.4 Å². The van der Waals surface area contributed by atoms with Crippen LogP contribution in [-0.2, 0) is 23.9 Å². The molecule has 0 aromatic rings. The molecule has 0 aliphatic rings. The minimum Gasteiger partial charge on any atom is -0.379 e. The van der Waals surface area contributed by atoms with E-state index in [2.05, 4.69) is 16.0 Å². The second kappa shape index (κ2) is 12.7. The Morgan fingerprint density at radius 1 is 0.630 bits per heavy atom. The Hall–Kier alpha value is -1.67. The van der Waals surface area contributed by atoms with Crippen molar-refractivity contribution in [3.63, 3.8) is 0 Å². The van der Waals surface area contributed by atoms with Gasteiger partial charge in [-0.15, -0.1) is 0 Å². The summed E-state index contributed by atoms with van der Waals surface area (Å²) < 4.78 is 10.7. The van der Waals surface area contributed by atoms with Crippen LogP contribution in [-0.4, -0.2) is 63.8 Å². The van der Waals surface area contributed by atoms with Crippen LogP contribution in [0.5, 0.6) is 0 Å². The number of hydrogen-bond acceptors (Lipinski definition) is 5. The van der Waals surface area contributed by atoms with Gasteiger partial charge in [-0.1, -0.05) is 41.5 Å². The average Bonchev–Trinajstić information content (AvgIpc) is 2.54. The van der Waals surface area contributed by atoms with E-state index in [1.165, 1.54) is 0 Å². The zero-order valence-electron chi connectivity index (χ0n) is 17.7. The van der Waals surface area contributed by atoms with Crippen LogP contribution in [0.3, 0.4) is 0 Å². The maximum absolute atomic E-state index is 11.6. The molecular weight excluding hydrogens is 350 g/mol. The molecule has 0 aromatic carbocycles. The van der Waals surface area contributed by atoms with Crippen LogP contribution < -0.4 is 16.0 Å². The van der Waals surface area contributed by atoms with Crippen LogP contribution >= 0.6 is 0 Å². The molecule has 158 valence electrons. The lowest BCUT2D eigenvalue weighted by molar-refractivity contribution is -0.129. The summed E-state index contributed by atoms with van der Waals surface area (Å²) in [5.41, 5.74) is -0.833. The summed E-state index contributed by atoms with van der Waals surface area (Å²) in [6.07, 6.45) is 0.259. The topological polar surface area (TPSA) is 106 Å². The molecule has 0 rings (SSSR count). The van der Waals surface area contributed by atoms with E-state index in [0.717, 1.165) is 0 Å². The van der Waals surface area contributed by atoms with Gasteiger partial charge in [0.25, 0.3) is 0 Å². The summed E-state index contributed by atoms with van der Waals surface area (Å²) in [5, 5.41) is 8.29. The van der Waals surface area contributed by atoms with Gasteiger partial charge in [0.2, 0.25) is 17.7 Å². The first-order valence-corrected chi connectivity index (χ1v) is 9.43. The lowest BCUT2D eigenvalue weighted by Crippen LogP contribution is -2.40. The highest BCUT2D eigenvalue weighted by atomic mass is 16.5. The predicted molar refractivity (Wildman–Crippen MR) is 104 cm³/mol. The van der Waals surface area contributed by atoms with E-state index in [4.69, 9.17) is 9.47 Å². The van der Waals surface area contributed by atoms with E-state index < -0.39 is 10.8 Å². The molecule has 27 heavy (non-hydrogen) atoms. The molecule has 0 radical (unpaired) electrons. The number of carbonyl (C=O) groups is 3. The molecule has 0 heterocycles. The molecule has 0 saturated heterocycles. The number of nitrogens with one attached hydrogen (secondary N) is 3. The molecule has 0 unspecified atom stereocenters. The van der Waals surface area contributed by atoms with Gasteiger partial charge in [-0.25, -0.2) is 0 Å². The van der Waals surface area contributed by atoms with E-state index >= 15 is 0 Å². The van der Waals surface area contributed by atoms with Crippen LogP contribution in [0.15, 0.2) is 0 Å². The van der Waals surface area contributed by atoms with E-state index in [9.17, 15) is 14.4 Å². The SMILES string of the molecule is CC(C)(C)C(=O)NCCNC(=O)CCOCCOCCNC(=O)C(C)(C)C. The minimum absolute atomic E-state index is 0.00802. The van der Waals surface area contributed by atoms with Crippen LogP contribution in [0.4, 0.5) is 0 Å². The maximum atomic E-state index is 11.6. The van der Waals surface area contributed by atoms with Crippen molar-refractivity contribution in [1.82, 2.24) is 16.0 Å². The van der Waals surface area contributed by atoms with Crippen molar-refractivity contribution < 1.29 is 23.9 Å². The Labute approximate surface area is 163 Å². The van der Waals surface area contributed by atoms with Crippen molar-refractivity contribution >= 4 is 17.7 Å². The summed E-state index contributed by atoms with van der Waals surface area (Å²) in [4.78, 5) is 34.9. The molecule has 0 spiro atoms. The van der Waals surface area contributed by atoms with Crippen molar-refractivity contribution in [3.05, 3.63) is 0 Å². The van der Waals surface area contributed by atoms with Crippen LogP contribution in [0.25, 0.3) is 0 Å². The summed E-state index contributed by atoms with van der Waals surface area (Å²) in [6.45, 7) is 13.9. The van der Waals surface area contributed by atoms with E-state index in [-0.39, 0.29) is 24.1 Å². The number of rotatable bonds is 12. The Morgan fingerprint density at radius 2 is 1.07 bits per heavy atom. The second-order valence-electron chi connectivity index (χ2n) is 8.34. The van der Waals surface area contributed by atoms with E-state index in [1.54, 1.807) is 0 Å². The van der Waals surface area contributed by atoms with Crippen molar-refractivity contribution in [2.24, 2.45) is 10.8 Å². The highest BCUT2D eigenvalue weighted by Gasteiger charge is 2.20. The number of ether oxygens (including phenoxy) is 2. The molecule has 8 heteroatoms. The summed E-state index contributed by atoms with van der Waals surface area (Å²) >= 11 is 0. The van der Waals surface area contributed by atoms with Gasteiger partial charge in [-0.2, -0.15) is 0 Å². The standard InChI is InChI=1S/C19H37N3O5/c1-18(2,3)16(24)21-9-8-20-15(23)7-11-26-13-14-27-12-10-22-17(25)19(4,5)6/h7-14H2,1-6H3,(H,20,23)(H,21,24)(H,22,25). The van der Waals surface area contributed by atoms with Gasteiger partial charge in [0.1, 0.15) is 0 Å². The summed E-state index contributed by atoms with van der Waals surface area (Å²) in [5.74, 6) is -0.171. The summed E-state index contributed by atoms with van der Waals surface area (Å²) in [7, 11) is 0. The number of carbonyl (C=O) groups excluding carboxylic acids is 3. The van der Waals surface area contributed by atoms with Gasteiger partial charge in [0.15, 0.2) is 0 Å². The van der Waals surface area contributed by atoms with Gasteiger partial charge >= 0.3 is 0 Å². The highest BCUT2D eigenvalue weighted by Crippen LogP contribution is 2.12. The second-order valence-corrected chi connectivity index (χ2v) is 8.34. The molecule has 0 bridgehead atoms. The lowest BCUT2D eigenvalue weighted by Gasteiger charge is -2.17. The fourth-order valence-electron chi connectivity index (χ4n) is 1.72. The van der Waals surface area contributed by atoms with Gasteiger partial charge in [0, 0.05) is 36.9 Å². The first kappa shape index (κ1) is 25.3. The molecule has 8 nitrogen and oxygen atoms in total. The maximum Gasteiger partial charge on any atom is 0.225 e. The van der Waals surface area contributed by atoms with Crippen molar-refractivity contribution in [2.75, 3.05) is 46.1 Å². The molecule has 3 N–H and O–H groups in total. The fourth-order valence-corrected chi connectivity index (χ4v) is 1.72. The third-order valence-electron chi connectivity index (χ3n) is 3.47. The highest BCUT2D eigenvalue weighted by molar-refractivity contribution is 5.81. The van der Waals surface area contributed by atoms with Crippen LogP contribution in [0.1, 0.15) is 48.0 Å². The minimum atomic E-state index is -0.432. The molecular formula is C19H37N3O5. The third kappa shape index (κ3) is 14.1. The largest absolute Gasteiger partial charge is 0.379 e. The van der Waals surface area contributed by atoms with Crippen molar-refractivity contribution in [3.8, 4) is 0 Å². The monoisotopic (exact) mass is 387 g/mol. The smallest absolute Gasteiger partial charge is 0.225 e. The normalized spacial score (nSPS) is 11.8. The average molecular weight is 388 g/mol. The molecule has 3 amide bonds. The molecule has 0 fully saturated rings. The third-order valence-corrected chi connectivity index (χ3v) is 3.47. The zero-order valence-corrected chi connectivity index (χ0v) is 17.7. The molecule has 0 atom stereocenters. The first-order chi connectivity index (χ1) is 12.4. The quantitative estimate of drug-likeness (QED) is 0.431. The Bertz CT molecular complexity index is 467. The van der Waals surface area contributed by atoms with E-state index in [0.29, 0.717) is 46.1 Å². The van der Waals surface area contributed by atoms with Crippen molar-refractivity contribution in [1.29, 1.82) is 0 Å². The lowest BCUT2D eigenvalue weighted by atomic mass is 9.96. The first-order valence-electron chi connectivity index (χ1n) is 9.43. The van der Waals surface area contributed by atoms with Gasteiger partial charge in [-0.05, 0) is 0 Å².